The topological polar surface area (TPSA) is 14.2 Å². The fourth-order valence-electron chi connectivity index (χ4n) is 1.81. The molecule has 0 saturated carbocycles. The third kappa shape index (κ3) is 2.04. The van der Waals surface area contributed by atoms with E-state index >= 15 is 0 Å². The molecule has 0 atom stereocenters. The van der Waals surface area contributed by atoms with Crippen molar-refractivity contribution >= 4 is 10.9 Å². The molecule has 0 unspecified atom stereocenters. The first kappa shape index (κ1) is 10.6. The molecule has 0 N–H and O–H groups in total. The fourth-order valence-corrected chi connectivity index (χ4v) is 1.81. The Morgan fingerprint density at radius 3 is 3.00 bits per heavy atom. The van der Waals surface area contributed by atoms with Crippen LogP contribution in [0, 0.1) is 12.3 Å². The van der Waals surface area contributed by atoms with Crippen molar-refractivity contribution in [3.05, 3.63) is 30.5 Å². The van der Waals surface area contributed by atoms with Crippen molar-refractivity contribution in [2.45, 2.75) is 19.9 Å². The second-order valence-corrected chi connectivity index (χ2v) is 3.62. The molecule has 2 rings (SSSR count). The molecule has 0 fully saturated rings. The normalized spacial score (nSPS) is 10.2. The quantitative estimate of drug-likeness (QED) is 0.712. The lowest BCUT2D eigenvalue weighted by Gasteiger charge is -2.05. The predicted molar refractivity (Wildman–Crippen MR) is 66.6 cm³/mol. The third-order valence-corrected chi connectivity index (χ3v) is 2.55. The molecule has 1 aromatic heterocycles. The van der Waals surface area contributed by atoms with E-state index in [2.05, 4.69) is 34.9 Å². The SMILES string of the molecule is C#CCCn1ccc2cc(OCC)ccc21. The number of fused-ring (bicyclic) bond motifs is 1. The summed E-state index contributed by atoms with van der Waals surface area (Å²) in [5.41, 5.74) is 1.21. The molecule has 1 heterocycles. The largest absolute Gasteiger partial charge is 0.494 e. The number of benzene rings is 1. The van der Waals surface area contributed by atoms with Crippen LogP contribution >= 0.6 is 0 Å². The summed E-state index contributed by atoms with van der Waals surface area (Å²) in [4.78, 5) is 0. The molecule has 0 spiro atoms. The molecule has 16 heavy (non-hydrogen) atoms. The van der Waals surface area contributed by atoms with Crippen LogP contribution in [-0.2, 0) is 6.54 Å². The van der Waals surface area contributed by atoms with Crippen LogP contribution in [0.5, 0.6) is 5.75 Å². The van der Waals surface area contributed by atoms with Gasteiger partial charge < -0.3 is 9.30 Å². The average molecular weight is 213 g/mol. The third-order valence-electron chi connectivity index (χ3n) is 2.55. The molecule has 0 aliphatic heterocycles. The maximum Gasteiger partial charge on any atom is 0.120 e. The molecule has 2 aromatic rings. The highest BCUT2D eigenvalue weighted by molar-refractivity contribution is 5.81. The monoisotopic (exact) mass is 213 g/mol. The van der Waals surface area contributed by atoms with Gasteiger partial charge in [-0.05, 0) is 31.2 Å². The molecule has 0 bridgehead atoms. The number of aryl methyl sites for hydroxylation is 1. The van der Waals surface area contributed by atoms with Gasteiger partial charge in [-0.15, -0.1) is 12.3 Å². The number of rotatable bonds is 4. The van der Waals surface area contributed by atoms with Crippen LogP contribution in [0.15, 0.2) is 30.5 Å². The summed E-state index contributed by atoms with van der Waals surface area (Å²) < 4.78 is 7.63. The smallest absolute Gasteiger partial charge is 0.120 e. The van der Waals surface area contributed by atoms with E-state index in [1.165, 1.54) is 10.9 Å². The van der Waals surface area contributed by atoms with Crippen LogP contribution in [0.25, 0.3) is 10.9 Å². The first-order valence-corrected chi connectivity index (χ1v) is 5.50. The van der Waals surface area contributed by atoms with Gasteiger partial charge in [0, 0.05) is 30.1 Å². The number of ether oxygens (including phenoxy) is 1. The summed E-state index contributed by atoms with van der Waals surface area (Å²) in [6.45, 7) is 3.56. The highest BCUT2D eigenvalue weighted by Crippen LogP contribution is 2.22. The molecule has 0 aliphatic rings. The number of nitrogens with zero attached hydrogens (tertiary/aromatic N) is 1. The van der Waals surface area contributed by atoms with Gasteiger partial charge in [-0.3, -0.25) is 0 Å². The Hall–Kier alpha value is -1.88. The van der Waals surface area contributed by atoms with Crippen molar-refractivity contribution in [2.75, 3.05) is 6.61 Å². The van der Waals surface area contributed by atoms with Crippen LogP contribution < -0.4 is 4.74 Å². The Balaban J connectivity index is 2.32. The highest BCUT2D eigenvalue weighted by atomic mass is 16.5. The Labute approximate surface area is 95.8 Å². The van der Waals surface area contributed by atoms with E-state index in [-0.39, 0.29) is 0 Å². The van der Waals surface area contributed by atoms with Crippen molar-refractivity contribution in [2.24, 2.45) is 0 Å². The van der Waals surface area contributed by atoms with Gasteiger partial charge in [-0.25, -0.2) is 0 Å². The van der Waals surface area contributed by atoms with Crippen LogP contribution in [-0.4, -0.2) is 11.2 Å². The molecule has 0 saturated heterocycles. The van der Waals surface area contributed by atoms with Gasteiger partial charge in [0.15, 0.2) is 0 Å². The Morgan fingerprint density at radius 1 is 1.38 bits per heavy atom. The minimum absolute atomic E-state index is 0.698. The van der Waals surface area contributed by atoms with Crippen molar-refractivity contribution in [1.82, 2.24) is 4.57 Å². The lowest BCUT2D eigenvalue weighted by atomic mass is 10.2. The first-order valence-electron chi connectivity index (χ1n) is 5.50. The lowest BCUT2D eigenvalue weighted by molar-refractivity contribution is 0.340. The number of hydrogen-bond donors (Lipinski definition) is 0. The summed E-state index contributed by atoms with van der Waals surface area (Å²) in [7, 11) is 0. The zero-order valence-corrected chi connectivity index (χ0v) is 9.44. The summed E-state index contributed by atoms with van der Waals surface area (Å²) >= 11 is 0. The average Bonchev–Trinajstić information content (AvgIpc) is 2.69. The van der Waals surface area contributed by atoms with E-state index in [0.717, 1.165) is 18.7 Å². The minimum Gasteiger partial charge on any atom is -0.494 e. The van der Waals surface area contributed by atoms with E-state index < -0.39 is 0 Å². The van der Waals surface area contributed by atoms with E-state index in [1.807, 2.05) is 13.0 Å². The first-order chi connectivity index (χ1) is 7.85. The van der Waals surface area contributed by atoms with Gasteiger partial charge in [0.2, 0.25) is 0 Å². The summed E-state index contributed by atoms with van der Waals surface area (Å²) in [6.07, 6.45) is 8.10. The van der Waals surface area contributed by atoms with Gasteiger partial charge >= 0.3 is 0 Å². The summed E-state index contributed by atoms with van der Waals surface area (Å²) in [6, 6.07) is 8.23. The zero-order chi connectivity index (χ0) is 11.4. The van der Waals surface area contributed by atoms with Crippen molar-refractivity contribution in [3.63, 3.8) is 0 Å². The standard InChI is InChI=1S/C14H15NO/c1-3-5-9-15-10-8-12-11-13(16-4-2)6-7-14(12)15/h1,6-8,10-11H,4-5,9H2,2H3. The number of terminal acetylenes is 1. The molecule has 0 radical (unpaired) electrons. The Morgan fingerprint density at radius 2 is 2.25 bits per heavy atom. The zero-order valence-electron chi connectivity index (χ0n) is 9.44. The maximum absolute atomic E-state index is 5.46. The van der Waals surface area contributed by atoms with Gasteiger partial charge in [0.1, 0.15) is 5.75 Å². The van der Waals surface area contributed by atoms with Crippen LogP contribution in [0.4, 0.5) is 0 Å². The molecule has 0 aliphatic carbocycles. The van der Waals surface area contributed by atoms with E-state index in [0.29, 0.717) is 6.61 Å². The molecule has 82 valence electrons. The summed E-state index contributed by atoms with van der Waals surface area (Å²) in [5, 5.41) is 1.20. The Kier molecular flexibility index (Phi) is 3.16. The van der Waals surface area contributed by atoms with Gasteiger partial charge in [-0.1, -0.05) is 0 Å². The number of aromatic nitrogens is 1. The van der Waals surface area contributed by atoms with Crippen LogP contribution in [0.1, 0.15) is 13.3 Å². The highest BCUT2D eigenvalue weighted by Gasteiger charge is 2.01. The van der Waals surface area contributed by atoms with Crippen LogP contribution in [0.3, 0.4) is 0 Å². The van der Waals surface area contributed by atoms with Gasteiger partial charge in [0.05, 0.1) is 6.61 Å². The second kappa shape index (κ2) is 4.76. The fraction of sp³-hybridized carbons (Fsp3) is 0.286. The van der Waals surface area contributed by atoms with Gasteiger partial charge in [0.25, 0.3) is 0 Å². The van der Waals surface area contributed by atoms with Gasteiger partial charge in [-0.2, -0.15) is 0 Å². The minimum atomic E-state index is 0.698. The van der Waals surface area contributed by atoms with E-state index in [4.69, 9.17) is 11.2 Å². The lowest BCUT2D eigenvalue weighted by Crippen LogP contribution is -1.95. The van der Waals surface area contributed by atoms with Crippen molar-refractivity contribution in [3.8, 4) is 18.1 Å². The van der Waals surface area contributed by atoms with Crippen molar-refractivity contribution in [1.29, 1.82) is 0 Å². The maximum atomic E-state index is 5.46. The molecular formula is C14H15NO. The van der Waals surface area contributed by atoms with E-state index in [9.17, 15) is 0 Å². The molecule has 1 aromatic carbocycles. The van der Waals surface area contributed by atoms with Crippen molar-refractivity contribution < 1.29 is 4.74 Å². The molecule has 2 nitrogen and oxygen atoms in total. The Bertz CT molecular complexity index is 519. The van der Waals surface area contributed by atoms with Crippen LogP contribution in [0.2, 0.25) is 0 Å². The molecule has 2 heteroatoms. The van der Waals surface area contributed by atoms with E-state index in [1.54, 1.807) is 0 Å². The summed E-state index contributed by atoms with van der Waals surface area (Å²) in [5.74, 6) is 3.58. The predicted octanol–water partition coefficient (Wildman–Crippen LogP) is 3.06. The number of hydrogen-bond acceptors (Lipinski definition) is 1. The molecule has 0 amide bonds. The second-order valence-electron chi connectivity index (χ2n) is 3.62. The molecular weight excluding hydrogens is 198 g/mol.